The van der Waals surface area contributed by atoms with Gasteiger partial charge >= 0.3 is 0 Å². The second-order valence-corrected chi connectivity index (χ2v) is 11.3. The number of fused-ring (bicyclic) bond motifs is 3. The molecule has 2 aliphatic carbocycles. The van der Waals surface area contributed by atoms with Gasteiger partial charge in [0.15, 0.2) is 5.76 Å². The smallest absolute Gasteiger partial charge is 0.263 e. The van der Waals surface area contributed by atoms with Gasteiger partial charge in [-0.3, -0.25) is 14.7 Å². The van der Waals surface area contributed by atoms with Gasteiger partial charge < -0.3 is 9.42 Å². The number of aliphatic imine (C=N–C) groups is 1. The molecule has 32 heavy (non-hydrogen) atoms. The fourth-order valence-corrected chi connectivity index (χ4v) is 6.08. The van der Waals surface area contributed by atoms with Crippen molar-refractivity contribution in [2.45, 2.75) is 62.6 Å². The largest absolute Gasteiger partial charge is 0.359 e. The van der Waals surface area contributed by atoms with E-state index in [0.29, 0.717) is 29.7 Å². The SMILES string of the molecule is Cc1cc(CN2C(=O)c3cc(S(=O)(=O)NC4(C)CC4)ccc3N3C2=NC[C@@H]3C2CC2)on1. The van der Waals surface area contributed by atoms with Gasteiger partial charge in [0.05, 0.1) is 41.0 Å². The van der Waals surface area contributed by atoms with Crippen molar-refractivity contribution >= 4 is 27.6 Å². The van der Waals surface area contributed by atoms with Crippen LogP contribution in [0.5, 0.6) is 0 Å². The number of amides is 1. The Morgan fingerprint density at radius 1 is 1.25 bits per heavy atom. The van der Waals surface area contributed by atoms with E-state index in [4.69, 9.17) is 9.52 Å². The Balaban J connectivity index is 1.41. The van der Waals surface area contributed by atoms with Crippen molar-refractivity contribution in [3.63, 3.8) is 0 Å². The van der Waals surface area contributed by atoms with Gasteiger partial charge in [-0.2, -0.15) is 0 Å². The molecule has 1 atom stereocenters. The van der Waals surface area contributed by atoms with Crippen LogP contribution in [-0.2, 0) is 16.6 Å². The lowest BCUT2D eigenvalue weighted by molar-refractivity contribution is 0.0822. The fourth-order valence-electron chi connectivity index (χ4n) is 4.59. The second-order valence-electron chi connectivity index (χ2n) is 9.59. The first-order chi connectivity index (χ1) is 15.2. The van der Waals surface area contributed by atoms with Crippen molar-refractivity contribution in [2.75, 3.05) is 11.4 Å². The van der Waals surface area contributed by atoms with Gasteiger partial charge in [-0.15, -0.1) is 0 Å². The minimum atomic E-state index is -3.72. The number of carbonyl (C=O) groups excluding carboxylic acids is 1. The van der Waals surface area contributed by atoms with Crippen LogP contribution in [0.2, 0.25) is 0 Å². The third-order valence-electron chi connectivity index (χ3n) is 6.76. The van der Waals surface area contributed by atoms with Gasteiger partial charge in [0.1, 0.15) is 0 Å². The molecule has 1 amide bonds. The molecular formula is C22H25N5O4S. The van der Waals surface area contributed by atoms with E-state index in [2.05, 4.69) is 14.8 Å². The lowest BCUT2D eigenvalue weighted by Gasteiger charge is -2.38. The Hall–Kier alpha value is -2.72. The summed E-state index contributed by atoms with van der Waals surface area (Å²) in [4.78, 5) is 22.1. The van der Waals surface area contributed by atoms with E-state index in [1.807, 2.05) is 13.8 Å². The van der Waals surface area contributed by atoms with Gasteiger partial charge in [0, 0.05) is 11.6 Å². The number of hydrogen-bond acceptors (Lipinski definition) is 7. The summed E-state index contributed by atoms with van der Waals surface area (Å²) in [6, 6.07) is 6.83. The van der Waals surface area contributed by atoms with Gasteiger partial charge in [-0.1, -0.05) is 5.16 Å². The summed E-state index contributed by atoms with van der Waals surface area (Å²) in [5, 5.41) is 3.92. The Bertz CT molecular complexity index is 1260. The number of nitrogens with zero attached hydrogens (tertiary/aromatic N) is 4. The molecule has 6 rings (SSSR count). The molecule has 1 aromatic heterocycles. The maximum Gasteiger partial charge on any atom is 0.263 e. The van der Waals surface area contributed by atoms with Crippen LogP contribution in [0.1, 0.15) is 54.4 Å². The maximum absolute atomic E-state index is 13.6. The van der Waals surface area contributed by atoms with Crippen molar-refractivity contribution in [1.82, 2.24) is 14.8 Å². The molecule has 0 spiro atoms. The zero-order valence-electron chi connectivity index (χ0n) is 18.0. The van der Waals surface area contributed by atoms with Crippen molar-refractivity contribution in [3.05, 3.63) is 41.3 Å². The predicted octanol–water partition coefficient (Wildman–Crippen LogP) is 2.42. The Morgan fingerprint density at radius 2 is 2.03 bits per heavy atom. The van der Waals surface area contributed by atoms with Gasteiger partial charge in [-0.05, 0) is 63.6 Å². The number of carbonyl (C=O) groups is 1. The standard InChI is InChI=1S/C22H25N5O4S/c1-13-9-15(31-24-13)12-26-20(28)17-10-16(32(29,30)25-22(2)7-8-22)5-6-18(17)27-19(14-3-4-14)11-23-21(26)27/h5-6,9-10,14,19,25H,3-4,7-8,11-12H2,1-2H3/t19-/m1/s1. The van der Waals surface area contributed by atoms with E-state index < -0.39 is 10.0 Å². The Kier molecular flexibility index (Phi) is 4.14. The molecule has 9 nitrogen and oxygen atoms in total. The molecule has 0 bridgehead atoms. The monoisotopic (exact) mass is 455 g/mol. The van der Waals surface area contributed by atoms with E-state index in [-0.39, 0.29) is 28.9 Å². The van der Waals surface area contributed by atoms with E-state index in [1.165, 1.54) is 6.07 Å². The highest BCUT2D eigenvalue weighted by Gasteiger charge is 2.48. The molecule has 3 heterocycles. The quantitative estimate of drug-likeness (QED) is 0.717. The topological polar surface area (TPSA) is 108 Å². The minimum absolute atomic E-state index is 0.107. The van der Waals surface area contributed by atoms with E-state index in [1.54, 1.807) is 23.1 Å². The zero-order valence-corrected chi connectivity index (χ0v) is 18.9. The van der Waals surface area contributed by atoms with Crippen molar-refractivity contribution in [3.8, 4) is 0 Å². The number of rotatable bonds is 6. The highest BCUT2D eigenvalue weighted by Crippen LogP contribution is 2.43. The summed E-state index contributed by atoms with van der Waals surface area (Å²) in [5.74, 6) is 1.42. The van der Waals surface area contributed by atoms with Crippen molar-refractivity contribution in [1.29, 1.82) is 0 Å². The molecule has 2 aliphatic heterocycles. The molecule has 2 saturated carbocycles. The third-order valence-corrected chi connectivity index (χ3v) is 8.40. The van der Waals surface area contributed by atoms with Crippen molar-refractivity contribution < 1.29 is 17.7 Å². The third kappa shape index (κ3) is 3.24. The molecule has 2 fully saturated rings. The number of hydrogen-bond donors (Lipinski definition) is 1. The number of guanidine groups is 1. The van der Waals surface area contributed by atoms with Crippen LogP contribution in [0.25, 0.3) is 0 Å². The highest BCUT2D eigenvalue weighted by atomic mass is 32.2. The lowest BCUT2D eigenvalue weighted by Crippen LogP contribution is -2.53. The Labute approximate surface area is 186 Å². The lowest BCUT2D eigenvalue weighted by atomic mass is 10.0. The van der Waals surface area contributed by atoms with Crippen LogP contribution in [-0.4, -0.2) is 48.5 Å². The number of nitrogens with one attached hydrogen (secondary N) is 1. The molecule has 1 aromatic carbocycles. The Morgan fingerprint density at radius 3 is 2.69 bits per heavy atom. The van der Waals surface area contributed by atoms with E-state index in [9.17, 15) is 13.2 Å². The molecule has 0 unspecified atom stereocenters. The first kappa shape index (κ1) is 19.9. The van der Waals surface area contributed by atoms with Crippen molar-refractivity contribution in [2.24, 2.45) is 10.9 Å². The van der Waals surface area contributed by atoms with Crippen LogP contribution < -0.4 is 9.62 Å². The molecule has 168 valence electrons. The molecule has 10 heteroatoms. The summed E-state index contributed by atoms with van der Waals surface area (Å²) in [6.07, 6.45) is 3.92. The maximum atomic E-state index is 13.6. The van der Waals surface area contributed by atoms with E-state index >= 15 is 0 Å². The summed E-state index contributed by atoms with van der Waals surface area (Å²) >= 11 is 0. The number of anilines is 1. The second kappa shape index (κ2) is 6.64. The number of aromatic nitrogens is 1. The van der Waals surface area contributed by atoms with Crippen LogP contribution in [0.15, 0.2) is 38.7 Å². The summed E-state index contributed by atoms with van der Waals surface area (Å²) in [6.45, 7) is 4.54. The first-order valence-electron chi connectivity index (χ1n) is 11.0. The van der Waals surface area contributed by atoms with Crippen LogP contribution in [0.4, 0.5) is 5.69 Å². The number of benzene rings is 1. The zero-order chi connectivity index (χ0) is 22.3. The van der Waals surface area contributed by atoms with Crippen LogP contribution >= 0.6 is 0 Å². The molecule has 1 N–H and O–H groups in total. The number of aryl methyl sites for hydroxylation is 1. The summed E-state index contributed by atoms with van der Waals surface area (Å²) < 4.78 is 34.1. The van der Waals surface area contributed by atoms with Gasteiger partial charge in [0.25, 0.3) is 5.91 Å². The predicted molar refractivity (Wildman–Crippen MR) is 117 cm³/mol. The first-order valence-corrected chi connectivity index (χ1v) is 12.5. The van der Waals surface area contributed by atoms with Gasteiger partial charge in [0.2, 0.25) is 16.0 Å². The van der Waals surface area contributed by atoms with Crippen LogP contribution in [0, 0.1) is 12.8 Å². The summed E-state index contributed by atoms with van der Waals surface area (Å²) in [7, 11) is -3.72. The molecule has 0 saturated heterocycles. The number of sulfonamides is 1. The van der Waals surface area contributed by atoms with E-state index in [0.717, 1.165) is 37.1 Å². The molecule has 4 aliphatic rings. The fraction of sp³-hybridized carbons (Fsp3) is 0.500. The highest BCUT2D eigenvalue weighted by molar-refractivity contribution is 7.89. The minimum Gasteiger partial charge on any atom is -0.359 e. The normalized spacial score (nSPS) is 23.8. The average Bonchev–Trinajstić information content (AvgIpc) is 3.63. The molecule has 0 radical (unpaired) electrons. The van der Waals surface area contributed by atoms with Crippen LogP contribution in [0.3, 0.4) is 0 Å². The summed E-state index contributed by atoms with van der Waals surface area (Å²) in [5.41, 5.74) is 1.45. The van der Waals surface area contributed by atoms with Gasteiger partial charge in [-0.25, -0.2) is 13.1 Å². The molecular weight excluding hydrogens is 430 g/mol. The average molecular weight is 456 g/mol. The molecule has 2 aromatic rings.